The predicted octanol–water partition coefficient (Wildman–Crippen LogP) is 6.27. The average molecular weight is 530 g/mol. The van der Waals surface area contributed by atoms with Gasteiger partial charge in [-0.05, 0) is 36.2 Å². The summed E-state index contributed by atoms with van der Waals surface area (Å²) in [5.74, 6) is -0.826. The maximum Gasteiger partial charge on any atom is 0.318 e. The van der Waals surface area contributed by atoms with Gasteiger partial charge in [-0.2, -0.15) is 12.6 Å². The Morgan fingerprint density at radius 3 is 2.49 bits per heavy atom. The molecule has 182 valence electrons. The van der Waals surface area contributed by atoms with E-state index in [9.17, 15) is 9.59 Å². The number of carbonyl (C=O) groups excluding carboxylic acids is 2. The average Bonchev–Trinajstić information content (AvgIpc) is 2.97. The van der Waals surface area contributed by atoms with Crippen molar-refractivity contribution in [1.29, 1.82) is 0 Å². The van der Waals surface area contributed by atoms with Crippen LogP contribution in [0.4, 0.5) is 5.69 Å². The fourth-order valence-corrected chi connectivity index (χ4v) is 4.45. The molecule has 0 bridgehead atoms. The van der Waals surface area contributed by atoms with Crippen molar-refractivity contribution in [3.05, 3.63) is 99.5 Å². The minimum Gasteiger partial charge on any atom is -0.462 e. The van der Waals surface area contributed by atoms with Crippen LogP contribution in [0.5, 0.6) is 0 Å². The summed E-state index contributed by atoms with van der Waals surface area (Å²) in [6.45, 7) is 1.89. The summed E-state index contributed by atoms with van der Waals surface area (Å²) in [4.78, 5) is 27.8. The van der Waals surface area contributed by atoms with Gasteiger partial charge in [0.2, 0.25) is 0 Å². The molecule has 35 heavy (non-hydrogen) atoms. The van der Waals surface area contributed by atoms with Crippen molar-refractivity contribution in [2.75, 3.05) is 11.5 Å². The number of hydrogen-bond donors (Lipinski definition) is 1. The van der Waals surface area contributed by atoms with Crippen LogP contribution in [-0.4, -0.2) is 29.8 Å². The molecule has 0 aromatic heterocycles. The summed E-state index contributed by atoms with van der Waals surface area (Å²) in [5, 5.41) is 0.415. The van der Waals surface area contributed by atoms with Crippen LogP contribution in [0, 0.1) is 0 Å². The van der Waals surface area contributed by atoms with Crippen LogP contribution in [0.1, 0.15) is 36.1 Å². The second-order valence-electron chi connectivity index (χ2n) is 8.19. The van der Waals surface area contributed by atoms with Crippen LogP contribution in [0.15, 0.2) is 72.8 Å². The molecular formula is C27H25Cl2NO4S. The summed E-state index contributed by atoms with van der Waals surface area (Å²) >= 11 is 17.2. The van der Waals surface area contributed by atoms with Crippen molar-refractivity contribution in [3.63, 3.8) is 0 Å². The summed E-state index contributed by atoms with van der Waals surface area (Å²) < 4.78 is 11.8. The summed E-state index contributed by atoms with van der Waals surface area (Å²) in [5.41, 5.74) is 2.98. The molecular weight excluding hydrogens is 505 g/mol. The fourth-order valence-electron chi connectivity index (χ4n) is 3.96. The van der Waals surface area contributed by atoms with Crippen molar-refractivity contribution in [3.8, 4) is 0 Å². The van der Waals surface area contributed by atoms with Crippen molar-refractivity contribution < 1.29 is 19.1 Å². The number of carbonyl (C=O) groups is 2. The van der Waals surface area contributed by atoms with E-state index in [1.165, 1.54) is 0 Å². The molecule has 4 rings (SSSR count). The lowest BCUT2D eigenvalue weighted by Crippen LogP contribution is -2.42. The van der Waals surface area contributed by atoms with E-state index in [1.54, 1.807) is 29.2 Å². The van der Waals surface area contributed by atoms with Gasteiger partial charge in [0.1, 0.15) is 12.7 Å². The Labute approximate surface area is 220 Å². The zero-order valence-corrected chi connectivity index (χ0v) is 21.5. The number of anilines is 1. The highest BCUT2D eigenvalue weighted by Gasteiger charge is 2.38. The lowest BCUT2D eigenvalue weighted by atomic mass is 9.99. The Bertz CT molecular complexity index is 1210. The number of amides is 1. The smallest absolute Gasteiger partial charge is 0.318 e. The lowest BCUT2D eigenvalue weighted by molar-refractivity contribution is -0.152. The zero-order chi connectivity index (χ0) is 24.9. The molecule has 1 aliphatic rings. The Morgan fingerprint density at radius 2 is 1.77 bits per heavy atom. The van der Waals surface area contributed by atoms with E-state index in [1.807, 2.05) is 55.5 Å². The topological polar surface area (TPSA) is 55.8 Å². The van der Waals surface area contributed by atoms with E-state index in [0.29, 0.717) is 39.8 Å². The van der Waals surface area contributed by atoms with Gasteiger partial charge in [0.05, 0.1) is 17.5 Å². The molecule has 1 aliphatic heterocycles. The second-order valence-corrected chi connectivity index (χ2v) is 9.66. The number of thiol groups is 1. The third-order valence-corrected chi connectivity index (χ3v) is 6.97. The normalized spacial score (nSPS) is 18.5. The number of ether oxygens (including phenoxy) is 2. The first-order chi connectivity index (χ1) is 16.9. The van der Waals surface area contributed by atoms with Crippen LogP contribution < -0.4 is 4.90 Å². The lowest BCUT2D eigenvalue weighted by Gasteiger charge is -2.25. The molecule has 0 N–H and O–H groups in total. The monoisotopic (exact) mass is 529 g/mol. The minimum atomic E-state index is -1.06. The molecule has 5 nitrogen and oxygen atoms in total. The Kier molecular flexibility index (Phi) is 8.39. The quantitative estimate of drug-likeness (QED) is 0.289. The van der Waals surface area contributed by atoms with Gasteiger partial charge in [-0.1, -0.05) is 78.7 Å². The number of fused-ring (bicyclic) bond motifs is 1. The predicted molar refractivity (Wildman–Crippen MR) is 141 cm³/mol. The molecule has 3 unspecified atom stereocenters. The van der Waals surface area contributed by atoms with E-state index >= 15 is 0 Å². The van der Waals surface area contributed by atoms with Crippen molar-refractivity contribution >= 4 is 53.4 Å². The van der Waals surface area contributed by atoms with Gasteiger partial charge < -0.3 is 14.4 Å². The van der Waals surface area contributed by atoms with Gasteiger partial charge in [-0.15, -0.1) is 0 Å². The SMILES string of the molecule is CCC(S)C(=O)OCC1OC(c2ccccc2Cl)c2cc(Cl)ccc2N(Cc2ccccc2)C1=O. The Morgan fingerprint density at radius 1 is 1.06 bits per heavy atom. The number of nitrogens with zero attached hydrogens (tertiary/aromatic N) is 1. The largest absolute Gasteiger partial charge is 0.462 e. The standard InChI is InChI=1S/C27H25Cl2NO4S/c1-2-24(35)27(32)33-16-23-26(31)30(15-17-8-4-3-5-9-17)22-13-12-18(28)14-20(22)25(34-23)19-10-6-7-11-21(19)29/h3-14,23-25,35H,2,15-16H2,1H3. The van der Waals surface area contributed by atoms with Gasteiger partial charge in [0.15, 0.2) is 6.10 Å². The molecule has 3 aromatic rings. The first kappa shape index (κ1) is 25.6. The number of benzene rings is 3. The molecule has 1 amide bonds. The zero-order valence-electron chi connectivity index (χ0n) is 19.1. The molecule has 0 saturated carbocycles. The highest BCUT2D eigenvalue weighted by Crippen LogP contribution is 2.42. The van der Waals surface area contributed by atoms with E-state index < -0.39 is 23.4 Å². The van der Waals surface area contributed by atoms with Crippen molar-refractivity contribution in [1.82, 2.24) is 0 Å². The summed E-state index contributed by atoms with van der Waals surface area (Å²) in [7, 11) is 0. The van der Waals surface area contributed by atoms with Crippen LogP contribution in [0.3, 0.4) is 0 Å². The van der Waals surface area contributed by atoms with Gasteiger partial charge in [0.25, 0.3) is 5.91 Å². The van der Waals surface area contributed by atoms with Crippen LogP contribution in [-0.2, 0) is 25.6 Å². The molecule has 3 aromatic carbocycles. The molecule has 1 heterocycles. The molecule has 0 aliphatic carbocycles. The van der Waals surface area contributed by atoms with Gasteiger partial charge in [-0.25, -0.2) is 0 Å². The first-order valence-corrected chi connectivity index (χ1v) is 12.6. The van der Waals surface area contributed by atoms with Crippen LogP contribution >= 0.6 is 35.8 Å². The highest BCUT2D eigenvalue weighted by molar-refractivity contribution is 7.81. The molecule has 0 radical (unpaired) electrons. The van der Waals surface area contributed by atoms with Gasteiger partial charge in [0, 0.05) is 21.2 Å². The number of hydrogen-bond acceptors (Lipinski definition) is 5. The first-order valence-electron chi connectivity index (χ1n) is 11.3. The second kappa shape index (κ2) is 11.5. The van der Waals surface area contributed by atoms with E-state index in [4.69, 9.17) is 32.7 Å². The number of rotatable bonds is 7. The van der Waals surface area contributed by atoms with Gasteiger partial charge >= 0.3 is 5.97 Å². The maximum absolute atomic E-state index is 13.8. The minimum absolute atomic E-state index is 0.247. The number of esters is 1. The van der Waals surface area contributed by atoms with Gasteiger partial charge in [-0.3, -0.25) is 9.59 Å². The van der Waals surface area contributed by atoms with Crippen molar-refractivity contribution in [2.24, 2.45) is 0 Å². The summed E-state index contributed by atoms with van der Waals surface area (Å²) in [6, 6.07) is 22.3. The summed E-state index contributed by atoms with van der Waals surface area (Å²) in [6.07, 6.45) is -1.26. The molecule has 0 saturated heterocycles. The third-order valence-electron chi connectivity index (χ3n) is 5.81. The Hall–Kier alpha value is -2.51. The Balaban J connectivity index is 1.79. The maximum atomic E-state index is 13.8. The molecule has 3 atom stereocenters. The number of halogens is 2. The molecule has 0 spiro atoms. The van der Waals surface area contributed by atoms with E-state index in [0.717, 1.165) is 5.56 Å². The van der Waals surface area contributed by atoms with Crippen LogP contribution in [0.25, 0.3) is 0 Å². The van der Waals surface area contributed by atoms with E-state index in [2.05, 4.69) is 12.6 Å². The van der Waals surface area contributed by atoms with Crippen LogP contribution in [0.2, 0.25) is 10.0 Å². The van der Waals surface area contributed by atoms with Crippen molar-refractivity contribution in [2.45, 2.75) is 37.3 Å². The molecule has 0 fully saturated rings. The third kappa shape index (κ3) is 5.84. The highest BCUT2D eigenvalue weighted by atomic mass is 35.5. The fraction of sp³-hybridized carbons (Fsp3) is 0.259. The molecule has 8 heteroatoms. The van der Waals surface area contributed by atoms with E-state index in [-0.39, 0.29) is 12.5 Å².